The number of rotatable bonds is 3. The zero-order valence-corrected chi connectivity index (χ0v) is 15.1. The lowest BCUT2D eigenvalue weighted by molar-refractivity contribution is -0.123. The number of carbonyl (C=O) groups excluding carboxylic acids is 2. The van der Waals surface area contributed by atoms with Crippen LogP contribution in [0.4, 0.5) is 4.79 Å². The van der Waals surface area contributed by atoms with Crippen LogP contribution >= 0.6 is 0 Å². The lowest BCUT2D eigenvalue weighted by atomic mass is 9.96. The average molecular weight is 339 g/mol. The Balaban J connectivity index is 1.53. The van der Waals surface area contributed by atoms with Gasteiger partial charge in [0.2, 0.25) is 0 Å². The van der Waals surface area contributed by atoms with Crippen molar-refractivity contribution < 1.29 is 9.59 Å². The largest absolute Gasteiger partial charge is 0.373 e. The van der Waals surface area contributed by atoms with Crippen LogP contribution in [0.15, 0.2) is 42.2 Å². The second-order valence-corrected chi connectivity index (χ2v) is 8.48. The molecule has 0 radical (unpaired) electrons. The van der Waals surface area contributed by atoms with Gasteiger partial charge < -0.3 is 4.90 Å². The average Bonchev–Trinajstić information content (AvgIpc) is 3.30. The van der Waals surface area contributed by atoms with Crippen molar-refractivity contribution in [1.82, 2.24) is 14.7 Å². The Morgan fingerprint density at radius 3 is 2.48 bits per heavy atom. The summed E-state index contributed by atoms with van der Waals surface area (Å²) in [6.07, 6.45) is 2.75. The van der Waals surface area contributed by atoms with Crippen molar-refractivity contribution in [2.75, 3.05) is 19.6 Å². The molecule has 0 spiro atoms. The number of amides is 3. The fourth-order valence-electron chi connectivity index (χ4n) is 3.92. The van der Waals surface area contributed by atoms with Crippen LogP contribution in [0.2, 0.25) is 0 Å². The maximum atomic E-state index is 12.9. The molecule has 5 heteroatoms. The highest BCUT2D eigenvalue weighted by Gasteiger charge is 2.54. The highest BCUT2D eigenvalue weighted by molar-refractivity contribution is 6.12. The van der Waals surface area contributed by atoms with Crippen LogP contribution in [0.5, 0.6) is 0 Å². The molecule has 1 aromatic rings. The molecular formula is C20H25N3O2. The first-order valence-electron chi connectivity index (χ1n) is 9.01. The van der Waals surface area contributed by atoms with Gasteiger partial charge in [0.25, 0.3) is 5.91 Å². The third kappa shape index (κ3) is 2.92. The molecule has 4 rings (SSSR count). The minimum Gasteiger partial charge on any atom is -0.373 e. The summed E-state index contributed by atoms with van der Waals surface area (Å²) in [4.78, 5) is 31.0. The summed E-state index contributed by atoms with van der Waals surface area (Å²) in [6.45, 7) is 8.79. The van der Waals surface area contributed by atoms with Gasteiger partial charge >= 0.3 is 6.03 Å². The molecule has 2 aliphatic heterocycles. The molecule has 2 heterocycles. The first-order valence-corrected chi connectivity index (χ1v) is 9.01. The first kappa shape index (κ1) is 16.2. The Labute approximate surface area is 148 Å². The number of urea groups is 1. The Bertz CT molecular complexity index is 735. The second-order valence-electron chi connectivity index (χ2n) is 8.48. The lowest BCUT2D eigenvalue weighted by Gasteiger charge is -2.34. The summed E-state index contributed by atoms with van der Waals surface area (Å²) >= 11 is 0. The number of hydrogen-bond acceptors (Lipinski definition) is 3. The summed E-state index contributed by atoms with van der Waals surface area (Å²) in [7, 11) is 0. The van der Waals surface area contributed by atoms with Crippen LogP contribution in [0, 0.1) is 5.41 Å². The normalized spacial score (nSPS) is 26.0. The molecule has 0 unspecified atom stereocenters. The van der Waals surface area contributed by atoms with Crippen molar-refractivity contribution in [1.29, 1.82) is 0 Å². The molecule has 0 aromatic heterocycles. The van der Waals surface area contributed by atoms with E-state index in [4.69, 9.17) is 0 Å². The topological polar surface area (TPSA) is 43.9 Å². The molecule has 0 bridgehead atoms. The summed E-state index contributed by atoms with van der Waals surface area (Å²) in [5, 5.41) is 0. The molecular weight excluding hydrogens is 314 g/mol. The van der Waals surface area contributed by atoms with Crippen LogP contribution < -0.4 is 0 Å². The number of hydrogen-bond donors (Lipinski definition) is 0. The van der Waals surface area contributed by atoms with Gasteiger partial charge in [0, 0.05) is 37.8 Å². The predicted octanol–water partition coefficient (Wildman–Crippen LogP) is 3.01. The molecule has 5 nitrogen and oxygen atoms in total. The third-order valence-electron chi connectivity index (χ3n) is 5.07. The molecule has 132 valence electrons. The zero-order valence-electron chi connectivity index (χ0n) is 15.1. The van der Waals surface area contributed by atoms with E-state index in [-0.39, 0.29) is 29.3 Å². The van der Waals surface area contributed by atoms with E-state index in [0.29, 0.717) is 12.2 Å². The Hall–Kier alpha value is -2.30. The highest BCUT2D eigenvalue weighted by atomic mass is 16.2. The van der Waals surface area contributed by atoms with Crippen molar-refractivity contribution in [2.24, 2.45) is 5.41 Å². The number of carbonyl (C=O) groups is 2. The second kappa shape index (κ2) is 5.61. The minimum absolute atomic E-state index is 0.00460. The van der Waals surface area contributed by atoms with Crippen LogP contribution in [-0.4, -0.2) is 52.3 Å². The molecule has 3 amide bonds. The standard InChI is InChI=1S/C20H25N3O2/c1-20(2,3)13-21-9-10-22-17(12-21)18(24)23(19(22)25)16-11-15(16)14-7-5-4-6-8-14/h4-8,12,15-16H,9-11,13H2,1-3H3/t15-,16+/m1/s1. The minimum atomic E-state index is -0.143. The lowest BCUT2D eigenvalue weighted by Crippen LogP contribution is -2.42. The molecule has 3 aliphatic rings. The van der Waals surface area contributed by atoms with Gasteiger partial charge in [-0.25, -0.2) is 4.79 Å². The van der Waals surface area contributed by atoms with Gasteiger partial charge in [-0.05, 0) is 17.4 Å². The molecule has 0 N–H and O–H groups in total. The Morgan fingerprint density at radius 1 is 1.08 bits per heavy atom. The van der Waals surface area contributed by atoms with Crippen molar-refractivity contribution in [3.63, 3.8) is 0 Å². The van der Waals surface area contributed by atoms with Gasteiger partial charge in [-0.15, -0.1) is 0 Å². The van der Waals surface area contributed by atoms with Gasteiger partial charge in [-0.2, -0.15) is 0 Å². The molecule has 2 atom stereocenters. The van der Waals surface area contributed by atoms with E-state index >= 15 is 0 Å². The van der Waals surface area contributed by atoms with Crippen molar-refractivity contribution in [3.8, 4) is 0 Å². The third-order valence-corrected chi connectivity index (χ3v) is 5.07. The quantitative estimate of drug-likeness (QED) is 0.795. The van der Waals surface area contributed by atoms with Crippen molar-refractivity contribution in [3.05, 3.63) is 47.8 Å². The van der Waals surface area contributed by atoms with E-state index < -0.39 is 0 Å². The van der Waals surface area contributed by atoms with Crippen LogP contribution in [0.25, 0.3) is 0 Å². The van der Waals surface area contributed by atoms with E-state index in [1.165, 1.54) is 10.5 Å². The predicted molar refractivity (Wildman–Crippen MR) is 95.6 cm³/mol. The van der Waals surface area contributed by atoms with Crippen LogP contribution in [0.3, 0.4) is 0 Å². The fraction of sp³-hybridized carbons (Fsp3) is 0.500. The molecule has 2 fully saturated rings. The number of imide groups is 1. The number of benzene rings is 1. The summed E-state index contributed by atoms with van der Waals surface area (Å²) < 4.78 is 0. The van der Waals surface area contributed by atoms with E-state index in [9.17, 15) is 9.59 Å². The zero-order chi connectivity index (χ0) is 17.8. The van der Waals surface area contributed by atoms with Gasteiger partial charge in [-0.1, -0.05) is 51.1 Å². The Morgan fingerprint density at radius 2 is 1.80 bits per heavy atom. The summed E-state index contributed by atoms with van der Waals surface area (Å²) in [6, 6.07) is 10.0. The molecule has 1 saturated carbocycles. The van der Waals surface area contributed by atoms with Gasteiger partial charge in [-0.3, -0.25) is 14.6 Å². The smallest absolute Gasteiger partial charge is 0.332 e. The summed E-state index contributed by atoms with van der Waals surface area (Å²) in [5.41, 5.74) is 1.90. The SMILES string of the molecule is CC(C)(C)CN1C=C2C(=O)N([C@H]3C[C@@H]3c3ccccc3)C(=O)N2CC1. The first-order chi connectivity index (χ1) is 11.8. The van der Waals surface area contributed by atoms with E-state index in [2.05, 4.69) is 37.8 Å². The highest BCUT2D eigenvalue weighted by Crippen LogP contribution is 2.47. The fourth-order valence-corrected chi connectivity index (χ4v) is 3.92. The van der Waals surface area contributed by atoms with E-state index in [0.717, 1.165) is 19.5 Å². The van der Waals surface area contributed by atoms with Gasteiger partial charge in [0.1, 0.15) is 5.70 Å². The number of nitrogens with zero attached hydrogens (tertiary/aromatic N) is 3. The van der Waals surface area contributed by atoms with Crippen LogP contribution in [-0.2, 0) is 4.79 Å². The van der Waals surface area contributed by atoms with Crippen molar-refractivity contribution >= 4 is 11.9 Å². The van der Waals surface area contributed by atoms with Gasteiger partial charge in [0.05, 0.1) is 0 Å². The molecule has 25 heavy (non-hydrogen) atoms. The maximum Gasteiger partial charge on any atom is 0.332 e. The van der Waals surface area contributed by atoms with Crippen LogP contribution in [0.1, 0.15) is 38.7 Å². The van der Waals surface area contributed by atoms with E-state index in [1.54, 1.807) is 4.90 Å². The van der Waals surface area contributed by atoms with Gasteiger partial charge in [0.15, 0.2) is 0 Å². The molecule has 1 aromatic carbocycles. The number of fused-ring (bicyclic) bond motifs is 1. The summed E-state index contributed by atoms with van der Waals surface area (Å²) in [5.74, 6) is 0.147. The molecule has 1 saturated heterocycles. The Kier molecular flexibility index (Phi) is 3.63. The van der Waals surface area contributed by atoms with Crippen molar-refractivity contribution in [2.45, 2.75) is 39.2 Å². The maximum absolute atomic E-state index is 12.9. The van der Waals surface area contributed by atoms with E-state index in [1.807, 2.05) is 24.4 Å². The molecule has 1 aliphatic carbocycles. The monoisotopic (exact) mass is 339 g/mol.